The van der Waals surface area contributed by atoms with Gasteiger partial charge in [-0.2, -0.15) is 0 Å². The number of hydrogen-bond acceptors (Lipinski definition) is 4. The van der Waals surface area contributed by atoms with E-state index >= 15 is 0 Å². The van der Waals surface area contributed by atoms with E-state index in [1.807, 2.05) is 72.8 Å². The van der Waals surface area contributed by atoms with Crippen molar-refractivity contribution in [1.29, 1.82) is 0 Å². The fourth-order valence-electron chi connectivity index (χ4n) is 5.50. The fourth-order valence-corrected chi connectivity index (χ4v) is 5.50. The van der Waals surface area contributed by atoms with Crippen molar-refractivity contribution in [2.75, 3.05) is 0 Å². The summed E-state index contributed by atoms with van der Waals surface area (Å²) in [7, 11) is 0. The van der Waals surface area contributed by atoms with Crippen LogP contribution in [0.5, 0.6) is 0 Å². The Morgan fingerprint density at radius 1 is 0.439 bits per heavy atom. The number of benzene rings is 5. The maximum atomic E-state index is 6.46. The van der Waals surface area contributed by atoms with Gasteiger partial charge in [0.1, 0.15) is 11.2 Å². The normalized spacial score (nSPS) is 11.4. The number of nitrogens with zero attached hydrogens (tertiary/aromatic N) is 3. The molecule has 0 saturated carbocycles. The average Bonchev–Trinajstić information content (AvgIpc) is 3.45. The van der Waals surface area contributed by atoms with E-state index in [1.165, 1.54) is 0 Å². The quantitative estimate of drug-likeness (QED) is 0.230. The van der Waals surface area contributed by atoms with Gasteiger partial charge >= 0.3 is 0 Å². The molecule has 41 heavy (non-hydrogen) atoms. The Bertz CT molecular complexity index is 2130. The maximum absolute atomic E-state index is 6.46. The number of fused-ring (bicyclic) bond motifs is 5. The zero-order chi connectivity index (χ0) is 27.2. The molecule has 0 atom stereocenters. The van der Waals surface area contributed by atoms with Crippen LogP contribution < -0.4 is 0 Å². The Labute approximate surface area is 236 Å². The van der Waals surface area contributed by atoms with Crippen LogP contribution in [-0.4, -0.2) is 15.0 Å². The van der Waals surface area contributed by atoms with E-state index in [0.717, 1.165) is 72.2 Å². The summed E-state index contributed by atoms with van der Waals surface area (Å²) in [5, 5.41) is 3.05. The summed E-state index contributed by atoms with van der Waals surface area (Å²) in [5.74, 6) is 0.653. The van der Waals surface area contributed by atoms with Crippen molar-refractivity contribution in [2.45, 2.75) is 0 Å². The van der Waals surface area contributed by atoms with Crippen LogP contribution in [0.3, 0.4) is 0 Å². The van der Waals surface area contributed by atoms with E-state index in [0.29, 0.717) is 5.82 Å². The van der Waals surface area contributed by atoms with Crippen LogP contribution in [0.1, 0.15) is 0 Å². The minimum atomic E-state index is 0.653. The number of rotatable bonds is 4. The van der Waals surface area contributed by atoms with E-state index < -0.39 is 0 Å². The molecule has 8 aromatic rings. The van der Waals surface area contributed by atoms with Crippen LogP contribution in [-0.2, 0) is 0 Å². The highest BCUT2D eigenvalue weighted by molar-refractivity contribution is 6.19. The highest BCUT2D eigenvalue weighted by Crippen LogP contribution is 2.40. The topological polar surface area (TPSA) is 51.8 Å². The van der Waals surface area contributed by atoms with Gasteiger partial charge in [-0.15, -0.1) is 0 Å². The van der Waals surface area contributed by atoms with Crippen LogP contribution in [0, 0.1) is 0 Å². The Balaban J connectivity index is 1.38. The standard InChI is InChI=1S/C37H23N3O/c1-4-12-24(13-5-1)30-23-31(25-14-6-2-7-15-25)40-37(39-30)27-20-21-28-32(22-27)38-35(26-16-8-3-9-17-26)34-29-18-10-11-19-33(29)41-36(28)34/h1-23H. The molecular formula is C37H23N3O. The molecule has 4 heteroatoms. The Kier molecular flexibility index (Phi) is 5.42. The first-order valence-corrected chi connectivity index (χ1v) is 13.6. The van der Waals surface area contributed by atoms with Crippen molar-refractivity contribution in [2.24, 2.45) is 0 Å². The van der Waals surface area contributed by atoms with Gasteiger partial charge < -0.3 is 4.42 Å². The number of hydrogen-bond donors (Lipinski definition) is 0. The largest absolute Gasteiger partial charge is 0.455 e. The molecule has 0 unspecified atom stereocenters. The first-order valence-electron chi connectivity index (χ1n) is 13.6. The average molecular weight is 526 g/mol. The van der Waals surface area contributed by atoms with Crippen molar-refractivity contribution >= 4 is 32.8 Å². The molecule has 0 aliphatic carbocycles. The maximum Gasteiger partial charge on any atom is 0.160 e. The predicted molar refractivity (Wildman–Crippen MR) is 166 cm³/mol. The second-order valence-electron chi connectivity index (χ2n) is 10.1. The SMILES string of the molecule is c1ccc(-c2cc(-c3ccccc3)nc(-c3ccc4c(c3)nc(-c3ccccc3)c3c5ccccc5oc43)n2)cc1. The molecule has 3 aromatic heterocycles. The molecule has 0 saturated heterocycles. The molecule has 0 aliphatic heterocycles. The van der Waals surface area contributed by atoms with Crippen molar-refractivity contribution in [3.8, 4) is 45.2 Å². The van der Waals surface area contributed by atoms with E-state index in [4.69, 9.17) is 19.4 Å². The summed E-state index contributed by atoms with van der Waals surface area (Å²) >= 11 is 0. The lowest BCUT2D eigenvalue weighted by atomic mass is 10.0. The van der Waals surface area contributed by atoms with Crippen LogP contribution in [0.25, 0.3) is 78.0 Å². The fraction of sp³-hybridized carbons (Fsp3) is 0. The van der Waals surface area contributed by atoms with Crippen molar-refractivity contribution in [3.05, 3.63) is 140 Å². The van der Waals surface area contributed by atoms with Crippen LogP contribution >= 0.6 is 0 Å². The third kappa shape index (κ3) is 4.05. The molecule has 4 nitrogen and oxygen atoms in total. The third-order valence-corrected chi connectivity index (χ3v) is 7.48. The molecule has 3 heterocycles. The molecule has 0 N–H and O–H groups in total. The first-order chi connectivity index (χ1) is 20.3. The van der Waals surface area contributed by atoms with Crippen molar-refractivity contribution in [3.63, 3.8) is 0 Å². The second kappa shape index (κ2) is 9.54. The molecule has 0 aliphatic rings. The third-order valence-electron chi connectivity index (χ3n) is 7.48. The van der Waals surface area contributed by atoms with E-state index in [2.05, 4.69) is 66.7 Å². The summed E-state index contributed by atoms with van der Waals surface area (Å²) < 4.78 is 6.46. The lowest BCUT2D eigenvalue weighted by Crippen LogP contribution is -1.96. The summed E-state index contributed by atoms with van der Waals surface area (Å²) in [4.78, 5) is 15.3. The number of aromatic nitrogens is 3. The van der Waals surface area contributed by atoms with E-state index in [1.54, 1.807) is 0 Å². The van der Waals surface area contributed by atoms with Crippen LogP contribution in [0.2, 0.25) is 0 Å². The van der Waals surface area contributed by atoms with Crippen molar-refractivity contribution < 1.29 is 4.42 Å². The van der Waals surface area contributed by atoms with Gasteiger partial charge in [-0.1, -0.05) is 115 Å². The second-order valence-corrected chi connectivity index (χ2v) is 10.1. The zero-order valence-electron chi connectivity index (χ0n) is 22.0. The Morgan fingerprint density at radius 2 is 1.02 bits per heavy atom. The van der Waals surface area contributed by atoms with Gasteiger partial charge in [-0.3, -0.25) is 0 Å². The molecule has 0 amide bonds. The lowest BCUT2D eigenvalue weighted by Gasteiger charge is -2.11. The molecule has 5 aromatic carbocycles. The van der Waals surface area contributed by atoms with Gasteiger partial charge in [0.2, 0.25) is 0 Å². The first kappa shape index (κ1) is 23.3. The van der Waals surface area contributed by atoms with Gasteiger partial charge in [0.05, 0.1) is 28.0 Å². The minimum absolute atomic E-state index is 0.653. The molecule has 0 fully saturated rings. The van der Waals surface area contributed by atoms with Crippen LogP contribution in [0.4, 0.5) is 0 Å². The highest BCUT2D eigenvalue weighted by atomic mass is 16.3. The minimum Gasteiger partial charge on any atom is -0.455 e. The Hall–Kier alpha value is -5.61. The monoisotopic (exact) mass is 525 g/mol. The van der Waals surface area contributed by atoms with Gasteiger partial charge in [0, 0.05) is 33.0 Å². The molecule has 0 spiro atoms. The highest BCUT2D eigenvalue weighted by Gasteiger charge is 2.19. The van der Waals surface area contributed by atoms with E-state index in [9.17, 15) is 0 Å². The van der Waals surface area contributed by atoms with Gasteiger partial charge in [-0.25, -0.2) is 15.0 Å². The summed E-state index contributed by atoms with van der Waals surface area (Å²) in [5.41, 5.74) is 9.21. The van der Waals surface area contributed by atoms with Gasteiger partial charge in [0.25, 0.3) is 0 Å². The molecule has 0 bridgehead atoms. The van der Waals surface area contributed by atoms with E-state index in [-0.39, 0.29) is 0 Å². The summed E-state index contributed by atoms with van der Waals surface area (Å²) in [6.07, 6.45) is 0. The molecule has 0 radical (unpaired) electrons. The summed E-state index contributed by atoms with van der Waals surface area (Å²) in [6.45, 7) is 0. The number of pyridine rings is 1. The van der Waals surface area contributed by atoms with Gasteiger partial charge in [-0.05, 0) is 24.3 Å². The smallest absolute Gasteiger partial charge is 0.160 e. The predicted octanol–water partition coefficient (Wildman–Crippen LogP) is 9.59. The number of furan rings is 1. The number of para-hydroxylation sites is 1. The molecular weight excluding hydrogens is 502 g/mol. The lowest BCUT2D eigenvalue weighted by molar-refractivity contribution is 0.672. The zero-order valence-corrected chi connectivity index (χ0v) is 22.0. The van der Waals surface area contributed by atoms with Crippen LogP contribution in [0.15, 0.2) is 144 Å². The molecule has 192 valence electrons. The Morgan fingerprint density at radius 3 is 1.68 bits per heavy atom. The molecule has 8 rings (SSSR count). The summed E-state index contributed by atoms with van der Waals surface area (Å²) in [6, 6.07) is 47.2. The van der Waals surface area contributed by atoms with Crippen molar-refractivity contribution in [1.82, 2.24) is 15.0 Å². The van der Waals surface area contributed by atoms with Gasteiger partial charge in [0.15, 0.2) is 5.82 Å².